The van der Waals surface area contributed by atoms with Gasteiger partial charge in [-0.15, -0.1) is 0 Å². The molecule has 1 heterocycles. The third-order valence-corrected chi connectivity index (χ3v) is 2.51. The lowest BCUT2D eigenvalue weighted by atomic mass is 10.3. The smallest absolute Gasteiger partial charge is 0.326 e. The zero-order chi connectivity index (χ0) is 12.1. The van der Waals surface area contributed by atoms with E-state index < -0.39 is 6.29 Å². The Morgan fingerprint density at radius 3 is 2.94 bits per heavy atom. The molecule has 0 fully saturated rings. The Morgan fingerprint density at radius 1 is 1.69 bits per heavy atom. The summed E-state index contributed by atoms with van der Waals surface area (Å²) in [4.78, 5) is 13.9. The summed E-state index contributed by atoms with van der Waals surface area (Å²) in [5, 5.41) is 18.2. The van der Waals surface area contributed by atoms with E-state index >= 15 is 0 Å². The summed E-state index contributed by atoms with van der Waals surface area (Å²) in [6.45, 7) is 0.0510. The third-order valence-electron chi connectivity index (χ3n) is 2.14. The number of rotatable bonds is 5. The molecule has 0 amide bonds. The molecule has 1 aromatic rings. The van der Waals surface area contributed by atoms with Crippen LogP contribution < -0.4 is 5.69 Å². The van der Waals surface area contributed by atoms with E-state index in [1.807, 2.05) is 0 Å². The number of hydrogen-bond donors (Lipinski definition) is 3. The van der Waals surface area contributed by atoms with Crippen molar-refractivity contribution < 1.29 is 14.9 Å². The number of methoxy groups -OCH3 is 1. The molecule has 0 aromatic carbocycles. The zero-order valence-electron chi connectivity index (χ0n) is 8.84. The lowest BCUT2D eigenvalue weighted by Crippen LogP contribution is -2.26. The summed E-state index contributed by atoms with van der Waals surface area (Å²) in [5.41, 5.74) is 0.104. The number of ether oxygens (including phenoxy) is 1. The zero-order valence-corrected chi connectivity index (χ0v) is 9.66. The van der Waals surface area contributed by atoms with E-state index in [1.165, 1.54) is 17.9 Å². The monoisotopic (exact) mass is 246 g/mol. The number of hydrogen-bond acceptors (Lipinski definition) is 5. The highest BCUT2D eigenvalue weighted by molar-refractivity contribution is 7.71. The van der Waals surface area contributed by atoms with E-state index in [1.54, 1.807) is 0 Å². The minimum Gasteiger partial charge on any atom is -0.392 e. The van der Waals surface area contributed by atoms with Gasteiger partial charge in [-0.3, -0.25) is 4.98 Å². The first-order valence-electron chi connectivity index (χ1n) is 4.73. The van der Waals surface area contributed by atoms with Gasteiger partial charge in [-0.25, -0.2) is 4.79 Å². The number of aryl methyl sites for hydroxylation is 1. The van der Waals surface area contributed by atoms with E-state index in [9.17, 15) is 9.90 Å². The number of nitrogens with one attached hydrogen (secondary N) is 1. The molecule has 0 spiro atoms. The first kappa shape index (κ1) is 13.0. The fraction of sp³-hybridized carbons (Fsp3) is 0.556. The highest BCUT2D eigenvalue weighted by Crippen LogP contribution is 2.00. The van der Waals surface area contributed by atoms with Crippen molar-refractivity contribution in [3.63, 3.8) is 0 Å². The number of aliphatic hydroxyl groups is 2. The van der Waals surface area contributed by atoms with Gasteiger partial charge in [0.2, 0.25) is 0 Å². The minimum absolute atomic E-state index is 0.232. The van der Waals surface area contributed by atoms with Gasteiger partial charge in [-0.2, -0.15) is 0 Å². The molecule has 3 N–H and O–H groups in total. The Hall–Kier alpha value is -1.02. The highest BCUT2D eigenvalue weighted by Gasteiger charge is 2.05. The molecule has 16 heavy (non-hydrogen) atoms. The molecule has 1 rings (SSSR count). The van der Waals surface area contributed by atoms with Gasteiger partial charge in [0, 0.05) is 31.8 Å². The number of aromatic amines is 1. The van der Waals surface area contributed by atoms with Crippen LogP contribution in [0.3, 0.4) is 0 Å². The summed E-state index contributed by atoms with van der Waals surface area (Å²) >= 11 is 4.85. The molecule has 1 aromatic heterocycles. The van der Waals surface area contributed by atoms with Gasteiger partial charge in [0.15, 0.2) is 6.29 Å². The van der Waals surface area contributed by atoms with Crippen molar-refractivity contribution in [3.05, 3.63) is 26.9 Å². The summed E-state index contributed by atoms with van der Waals surface area (Å²) < 4.78 is 6.22. The van der Waals surface area contributed by atoms with Crippen molar-refractivity contribution in [2.75, 3.05) is 7.11 Å². The number of aliphatic hydroxyl groups excluding tert-OH is 2. The maximum atomic E-state index is 11.4. The Bertz CT molecular complexity index is 454. The SMILES string of the molecule is CO[C@H](O)CCn1cc(CO)c(=S)[nH]c1=O. The fourth-order valence-electron chi connectivity index (χ4n) is 1.20. The van der Waals surface area contributed by atoms with Crippen molar-refractivity contribution in [2.45, 2.75) is 25.9 Å². The minimum atomic E-state index is -0.910. The topological polar surface area (TPSA) is 87.5 Å². The van der Waals surface area contributed by atoms with E-state index in [4.69, 9.17) is 17.3 Å². The molecule has 1 atom stereocenters. The average Bonchev–Trinajstić information content (AvgIpc) is 2.27. The summed E-state index contributed by atoms with van der Waals surface area (Å²) in [6, 6.07) is 0. The molecule has 0 unspecified atom stereocenters. The van der Waals surface area contributed by atoms with Gasteiger partial charge in [0.25, 0.3) is 0 Å². The van der Waals surface area contributed by atoms with Crippen molar-refractivity contribution >= 4 is 12.2 Å². The second-order valence-corrected chi connectivity index (χ2v) is 3.65. The predicted octanol–water partition coefficient (Wildman–Crippen LogP) is -0.247. The molecule has 0 saturated heterocycles. The van der Waals surface area contributed by atoms with Crippen molar-refractivity contribution in [1.82, 2.24) is 9.55 Å². The largest absolute Gasteiger partial charge is 0.392 e. The predicted molar refractivity (Wildman–Crippen MR) is 59.4 cm³/mol. The third kappa shape index (κ3) is 3.24. The standard InChI is InChI=1S/C9H14N2O4S/c1-15-7(13)2-3-11-4-6(5-12)8(16)10-9(11)14/h4,7,12-13H,2-3,5H2,1H3,(H,10,14,16)/t7-/m0/s1. The first-order chi connectivity index (χ1) is 7.58. The summed E-state index contributed by atoms with van der Waals surface area (Å²) in [6.07, 6.45) is 0.850. The quantitative estimate of drug-likeness (QED) is 0.493. The Labute approximate surface area is 97.1 Å². The molecule has 7 heteroatoms. The Balaban J connectivity index is 2.88. The molecule has 0 saturated carbocycles. The summed E-state index contributed by atoms with van der Waals surface area (Å²) in [7, 11) is 1.38. The van der Waals surface area contributed by atoms with Crippen LogP contribution in [-0.4, -0.2) is 33.2 Å². The van der Waals surface area contributed by atoms with Crippen LogP contribution in [0.25, 0.3) is 0 Å². The van der Waals surface area contributed by atoms with Crippen molar-refractivity contribution in [1.29, 1.82) is 0 Å². The van der Waals surface area contributed by atoms with Gasteiger partial charge in [-0.1, -0.05) is 12.2 Å². The Morgan fingerprint density at radius 2 is 2.38 bits per heavy atom. The second-order valence-electron chi connectivity index (χ2n) is 3.24. The van der Waals surface area contributed by atoms with Crippen LogP contribution in [0, 0.1) is 4.64 Å². The maximum Gasteiger partial charge on any atom is 0.326 e. The van der Waals surface area contributed by atoms with Gasteiger partial charge < -0.3 is 19.5 Å². The molecule has 0 radical (unpaired) electrons. The highest BCUT2D eigenvalue weighted by atomic mass is 32.1. The molecular weight excluding hydrogens is 232 g/mol. The van der Waals surface area contributed by atoms with Crippen LogP contribution in [0.5, 0.6) is 0 Å². The van der Waals surface area contributed by atoms with Crippen LogP contribution in [0.4, 0.5) is 0 Å². The second kappa shape index (κ2) is 5.90. The van der Waals surface area contributed by atoms with Gasteiger partial charge in [0.05, 0.1) is 6.61 Å². The van der Waals surface area contributed by atoms with Crippen LogP contribution in [0.2, 0.25) is 0 Å². The van der Waals surface area contributed by atoms with Crippen molar-refractivity contribution in [3.8, 4) is 0 Å². The van der Waals surface area contributed by atoms with Crippen LogP contribution in [0.1, 0.15) is 12.0 Å². The van der Waals surface area contributed by atoms with Gasteiger partial charge in [-0.05, 0) is 0 Å². The van der Waals surface area contributed by atoms with Gasteiger partial charge in [0.1, 0.15) is 4.64 Å². The molecule has 90 valence electrons. The number of aromatic nitrogens is 2. The van der Waals surface area contributed by atoms with E-state index in [0.29, 0.717) is 5.56 Å². The first-order valence-corrected chi connectivity index (χ1v) is 5.13. The molecule has 0 bridgehead atoms. The molecule has 0 aliphatic rings. The van der Waals surface area contributed by atoms with Crippen molar-refractivity contribution in [2.24, 2.45) is 0 Å². The maximum absolute atomic E-state index is 11.4. The number of H-pyrrole nitrogens is 1. The molecule has 0 aliphatic carbocycles. The van der Waals surface area contributed by atoms with E-state index in [0.717, 1.165) is 0 Å². The van der Waals surface area contributed by atoms with E-state index in [-0.39, 0.29) is 29.9 Å². The fourth-order valence-corrected chi connectivity index (χ4v) is 1.41. The lowest BCUT2D eigenvalue weighted by molar-refractivity contribution is -0.0804. The van der Waals surface area contributed by atoms with Crippen LogP contribution in [0.15, 0.2) is 11.0 Å². The normalized spacial score (nSPS) is 12.7. The lowest BCUT2D eigenvalue weighted by Gasteiger charge is -2.10. The molecular formula is C9H14N2O4S. The number of nitrogens with zero attached hydrogens (tertiary/aromatic N) is 1. The Kier molecular flexibility index (Phi) is 4.81. The summed E-state index contributed by atoms with van der Waals surface area (Å²) in [5.74, 6) is 0. The average molecular weight is 246 g/mol. The van der Waals surface area contributed by atoms with Crippen LogP contribution >= 0.6 is 12.2 Å². The van der Waals surface area contributed by atoms with E-state index in [2.05, 4.69) is 9.72 Å². The van der Waals surface area contributed by atoms with Gasteiger partial charge >= 0.3 is 5.69 Å². The van der Waals surface area contributed by atoms with Crippen LogP contribution in [-0.2, 0) is 17.9 Å². The molecule has 0 aliphatic heterocycles. The molecule has 6 nitrogen and oxygen atoms in total.